The van der Waals surface area contributed by atoms with Crippen molar-refractivity contribution in [2.75, 3.05) is 36.9 Å². The van der Waals surface area contributed by atoms with Crippen molar-refractivity contribution in [2.24, 2.45) is 0 Å². The first-order valence-electron chi connectivity index (χ1n) is 10.4. The normalized spacial score (nSPS) is 13.9. The summed E-state index contributed by atoms with van der Waals surface area (Å²) < 4.78 is 5.90. The van der Waals surface area contributed by atoms with E-state index in [-0.39, 0.29) is 0 Å². The van der Waals surface area contributed by atoms with Crippen LogP contribution in [0.2, 0.25) is 10.0 Å². The Bertz CT molecular complexity index is 973. The van der Waals surface area contributed by atoms with Crippen LogP contribution >= 0.6 is 23.2 Å². The molecule has 0 radical (unpaired) electrons. The van der Waals surface area contributed by atoms with E-state index in [0.717, 1.165) is 29.2 Å². The topological polar surface area (TPSA) is 62.3 Å². The molecule has 2 aromatic carbocycles. The quantitative estimate of drug-likeness (QED) is 0.435. The number of anilines is 3. The maximum Gasteiger partial charge on any atom is 0.227 e. The Morgan fingerprint density at radius 2 is 1.65 bits per heavy atom. The third kappa shape index (κ3) is 6.23. The van der Waals surface area contributed by atoms with Gasteiger partial charge in [0, 0.05) is 40.5 Å². The van der Waals surface area contributed by atoms with Crippen LogP contribution in [0.5, 0.6) is 5.75 Å². The van der Waals surface area contributed by atoms with E-state index in [0.29, 0.717) is 29.1 Å². The predicted octanol–water partition coefficient (Wildman–Crippen LogP) is 5.61. The molecular weight excluding hydrogens is 433 g/mol. The Kier molecular flexibility index (Phi) is 7.46. The molecule has 1 fully saturated rings. The molecule has 0 bridgehead atoms. The summed E-state index contributed by atoms with van der Waals surface area (Å²) in [6, 6.07) is 13.3. The van der Waals surface area contributed by atoms with Gasteiger partial charge in [0.2, 0.25) is 5.95 Å². The third-order valence-electron chi connectivity index (χ3n) is 5.15. The summed E-state index contributed by atoms with van der Waals surface area (Å²) in [6.07, 6.45) is 6.02. The second-order valence-corrected chi connectivity index (χ2v) is 8.21. The van der Waals surface area contributed by atoms with Gasteiger partial charge in [-0.25, -0.2) is 9.97 Å². The highest BCUT2D eigenvalue weighted by molar-refractivity contribution is 6.36. The van der Waals surface area contributed by atoms with E-state index in [1.165, 1.54) is 25.9 Å². The van der Waals surface area contributed by atoms with Gasteiger partial charge in [0.15, 0.2) is 0 Å². The predicted molar refractivity (Wildman–Crippen MR) is 127 cm³/mol. The number of benzene rings is 2. The Morgan fingerprint density at radius 3 is 2.39 bits per heavy atom. The first-order chi connectivity index (χ1) is 15.2. The molecule has 1 aliphatic heterocycles. The molecule has 31 heavy (non-hydrogen) atoms. The molecule has 1 aliphatic rings. The zero-order valence-corrected chi connectivity index (χ0v) is 18.7. The van der Waals surface area contributed by atoms with Crippen molar-refractivity contribution in [3.8, 4) is 5.75 Å². The molecule has 8 heteroatoms. The summed E-state index contributed by atoms with van der Waals surface area (Å²) in [6.45, 7) is 4.51. The van der Waals surface area contributed by atoms with Crippen LogP contribution in [0.4, 0.5) is 17.3 Å². The Balaban J connectivity index is 1.29. The number of hydrogen-bond acceptors (Lipinski definition) is 6. The highest BCUT2D eigenvalue weighted by atomic mass is 35.5. The van der Waals surface area contributed by atoms with Crippen molar-refractivity contribution in [2.45, 2.75) is 19.4 Å². The molecule has 162 valence electrons. The second-order valence-electron chi connectivity index (χ2n) is 7.40. The zero-order valence-electron chi connectivity index (χ0n) is 17.2. The van der Waals surface area contributed by atoms with E-state index in [4.69, 9.17) is 27.9 Å². The number of ether oxygens (including phenoxy) is 1. The number of hydrogen-bond donors (Lipinski definition) is 2. The van der Waals surface area contributed by atoms with Gasteiger partial charge in [0.1, 0.15) is 12.4 Å². The molecule has 4 rings (SSSR count). The van der Waals surface area contributed by atoms with Crippen LogP contribution in [0.15, 0.2) is 54.9 Å². The summed E-state index contributed by atoms with van der Waals surface area (Å²) in [5, 5.41) is 7.71. The highest BCUT2D eigenvalue weighted by Crippen LogP contribution is 2.25. The summed E-state index contributed by atoms with van der Waals surface area (Å²) in [5.74, 6) is 1.34. The minimum absolute atomic E-state index is 0.492. The Labute approximate surface area is 192 Å². The van der Waals surface area contributed by atoms with Crippen molar-refractivity contribution in [1.82, 2.24) is 14.9 Å². The fourth-order valence-corrected chi connectivity index (χ4v) is 4.00. The fraction of sp³-hybridized carbons (Fsp3) is 0.304. The van der Waals surface area contributed by atoms with E-state index in [9.17, 15) is 0 Å². The smallest absolute Gasteiger partial charge is 0.227 e. The lowest BCUT2D eigenvalue weighted by molar-refractivity contribution is 0.238. The number of likely N-dealkylation sites (tertiary alicyclic amines) is 1. The van der Waals surface area contributed by atoms with Gasteiger partial charge in [-0.15, -0.1) is 0 Å². The van der Waals surface area contributed by atoms with Crippen LogP contribution in [0.25, 0.3) is 0 Å². The summed E-state index contributed by atoms with van der Waals surface area (Å²) in [4.78, 5) is 11.2. The van der Waals surface area contributed by atoms with Crippen molar-refractivity contribution in [3.63, 3.8) is 0 Å². The van der Waals surface area contributed by atoms with E-state index >= 15 is 0 Å². The van der Waals surface area contributed by atoms with Gasteiger partial charge in [0.25, 0.3) is 0 Å². The molecule has 2 N–H and O–H groups in total. The van der Waals surface area contributed by atoms with Gasteiger partial charge in [-0.3, -0.25) is 4.90 Å². The molecule has 2 heterocycles. The maximum atomic E-state index is 6.21. The van der Waals surface area contributed by atoms with Crippen molar-refractivity contribution in [3.05, 3.63) is 70.5 Å². The molecule has 1 aromatic heterocycles. The lowest BCUT2D eigenvalue weighted by Crippen LogP contribution is -2.25. The molecule has 1 saturated heterocycles. The van der Waals surface area contributed by atoms with Crippen LogP contribution in [0.1, 0.15) is 18.4 Å². The number of halogens is 2. The minimum Gasteiger partial charge on any atom is -0.492 e. The van der Waals surface area contributed by atoms with E-state index < -0.39 is 0 Å². The van der Waals surface area contributed by atoms with Gasteiger partial charge in [-0.1, -0.05) is 35.3 Å². The van der Waals surface area contributed by atoms with Gasteiger partial charge >= 0.3 is 0 Å². The highest BCUT2D eigenvalue weighted by Gasteiger charge is 2.11. The number of rotatable bonds is 9. The maximum absolute atomic E-state index is 6.21. The van der Waals surface area contributed by atoms with Gasteiger partial charge in [0.05, 0.1) is 18.1 Å². The summed E-state index contributed by atoms with van der Waals surface area (Å²) >= 11 is 12.4. The summed E-state index contributed by atoms with van der Waals surface area (Å²) in [5.41, 5.74) is 2.50. The van der Waals surface area contributed by atoms with Crippen molar-refractivity contribution in [1.29, 1.82) is 0 Å². The average Bonchev–Trinajstić information content (AvgIpc) is 3.28. The van der Waals surface area contributed by atoms with Gasteiger partial charge < -0.3 is 15.4 Å². The van der Waals surface area contributed by atoms with Crippen molar-refractivity contribution < 1.29 is 4.74 Å². The van der Waals surface area contributed by atoms with E-state index in [1.54, 1.807) is 12.4 Å². The average molecular weight is 458 g/mol. The molecule has 0 amide bonds. The van der Waals surface area contributed by atoms with Crippen LogP contribution in [-0.2, 0) is 6.54 Å². The van der Waals surface area contributed by atoms with Gasteiger partial charge in [-0.2, -0.15) is 0 Å². The molecule has 0 unspecified atom stereocenters. The van der Waals surface area contributed by atoms with Crippen LogP contribution in [0, 0.1) is 0 Å². The number of aromatic nitrogens is 2. The standard InChI is InChI=1S/C23H25Cl2N5O/c24-21-7-4-8-22(25)20(21)16-26-18-14-27-23(28-15-18)29-17-5-3-6-19(13-17)31-12-11-30-9-1-2-10-30/h3-8,13-15,26H,1-2,9-12,16H2,(H,27,28,29). The molecule has 0 atom stereocenters. The fourth-order valence-electron chi connectivity index (χ4n) is 3.47. The van der Waals surface area contributed by atoms with Crippen LogP contribution in [0.3, 0.4) is 0 Å². The lowest BCUT2D eigenvalue weighted by atomic mass is 10.2. The molecule has 0 saturated carbocycles. The Morgan fingerprint density at radius 1 is 0.935 bits per heavy atom. The number of nitrogens with zero attached hydrogens (tertiary/aromatic N) is 3. The zero-order chi connectivity index (χ0) is 21.5. The van der Waals surface area contributed by atoms with E-state index in [2.05, 4.69) is 25.5 Å². The van der Waals surface area contributed by atoms with Gasteiger partial charge in [-0.05, 0) is 50.2 Å². The largest absolute Gasteiger partial charge is 0.492 e. The second kappa shape index (κ2) is 10.7. The molecule has 3 aromatic rings. The summed E-state index contributed by atoms with van der Waals surface area (Å²) in [7, 11) is 0. The van der Waals surface area contributed by atoms with Crippen LogP contribution < -0.4 is 15.4 Å². The molecule has 0 aliphatic carbocycles. The van der Waals surface area contributed by atoms with Crippen molar-refractivity contribution >= 4 is 40.5 Å². The molecule has 0 spiro atoms. The van der Waals surface area contributed by atoms with Crippen LogP contribution in [-0.4, -0.2) is 41.1 Å². The first kappa shape index (κ1) is 21.7. The SMILES string of the molecule is Clc1cccc(Cl)c1CNc1cnc(Nc2cccc(OCCN3CCCC3)c2)nc1. The third-order valence-corrected chi connectivity index (χ3v) is 5.86. The molecule has 6 nitrogen and oxygen atoms in total. The first-order valence-corrected chi connectivity index (χ1v) is 11.1. The minimum atomic E-state index is 0.492. The molecular formula is C23H25Cl2N5O. The van der Waals surface area contributed by atoms with E-state index in [1.807, 2.05) is 42.5 Å². The Hall–Kier alpha value is -2.54. The monoisotopic (exact) mass is 457 g/mol. The number of nitrogens with one attached hydrogen (secondary N) is 2. The lowest BCUT2D eigenvalue weighted by Gasteiger charge is -2.15.